The molecule has 1 aliphatic heterocycles. The number of rotatable bonds is 3. The number of amides is 1. The Kier molecular flexibility index (Phi) is 3.56. The summed E-state index contributed by atoms with van der Waals surface area (Å²) in [5.74, 6) is 1.14. The van der Waals surface area contributed by atoms with E-state index in [2.05, 4.69) is 10.3 Å². The highest BCUT2D eigenvalue weighted by molar-refractivity contribution is 6.35. The number of benzene rings is 1. The second kappa shape index (κ2) is 5.74. The van der Waals surface area contributed by atoms with Gasteiger partial charge < -0.3 is 19.8 Å². The Morgan fingerprint density at radius 1 is 1.08 bits per heavy atom. The molecule has 1 aliphatic carbocycles. The summed E-state index contributed by atoms with van der Waals surface area (Å²) in [4.78, 5) is 15.8. The number of H-pyrrole nitrogens is 1. The molecule has 2 aromatic rings. The summed E-state index contributed by atoms with van der Waals surface area (Å²) in [5.41, 5.74) is 6.03. The van der Waals surface area contributed by atoms with Crippen molar-refractivity contribution in [3.63, 3.8) is 0 Å². The number of anilines is 1. The Morgan fingerprint density at radius 2 is 1.83 bits per heavy atom. The number of aromatic amines is 1. The number of methoxy groups -OCH3 is 2. The smallest absolute Gasteiger partial charge is 0.256 e. The fourth-order valence-electron chi connectivity index (χ4n) is 3.58. The molecule has 0 saturated heterocycles. The lowest BCUT2D eigenvalue weighted by atomic mass is 9.93. The molecule has 5 nitrogen and oxygen atoms in total. The van der Waals surface area contributed by atoms with Crippen LogP contribution in [0.15, 0.2) is 18.3 Å². The first-order valence-electron chi connectivity index (χ1n) is 8.20. The van der Waals surface area contributed by atoms with E-state index in [0.717, 1.165) is 29.7 Å². The number of aromatic nitrogens is 1. The van der Waals surface area contributed by atoms with Crippen molar-refractivity contribution in [3.8, 4) is 11.5 Å². The van der Waals surface area contributed by atoms with E-state index in [1.807, 2.05) is 18.3 Å². The first-order valence-corrected chi connectivity index (χ1v) is 8.20. The van der Waals surface area contributed by atoms with Gasteiger partial charge in [-0.25, -0.2) is 0 Å². The molecule has 0 bridgehead atoms. The molecule has 1 amide bonds. The standard InChI is InChI=1S/C19H20N2O3/c1-23-17-8-13-14(19(22)21-16(13)9-18(17)24-2)7-11-10-20-15-6-4-3-5-12(11)15/h7-10,20H,3-6H2,1-2H3,(H,21,22). The van der Waals surface area contributed by atoms with Crippen LogP contribution in [0.2, 0.25) is 0 Å². The molecule has 0 saturated carbocycles. The SMILES string of the molecule is COc1cc2c(cc1OC)C(=Cc1c[nH]c3c1CCCC3)C(=O)N2. The molecule has 5 heteroatoms. The molecule has 0 unspecified atom stereocenters. The summed E-state index contributed by atoms with van der Waals surface area (Å²) in [6, 6.07) is 3.66. The Labute approximate surface area is 140 Å². The molecule has 24 heavy (non-hydrogen) atoms. The molecule has 124 valence electrons. The Morgan fingerprint density at radius 3 is 2.62 bits per heavy atom. The van der Waals surface area contributed by atoms with Crippen molar-refractivity contribution in [2.24, 2.45) is 0 Å². The van der Waals surface area contributed by atoms with E-state index in [1.165, 1.54) is 24.1 Å². The van der Waals surface area contributed by atoms with Crippen LogP contribution in [-0.4, -0.2) is 25.1 Å². The molecular formula is C19H20N2O3. The fraction of sp³-hybridized carbons (Fsp3) is 0.316. The van der Waals surface area contributed by atoms with Gasteiger partial charge in [0.05, 0.1) is 19.9 Å². The van der Waals surface area contributed by atoms with Gasteiger partial charge in [0, 0.05) is 29.1 Å². The van der Waals surface area contributed by atoms with Crippen molar-refractivity contribution in [2.45, 2.75) is 25.7 Å². The second-order valence-electron chi connectivity index (χ2n) is 6.17. The summed E-state index contributed by atoms with van der Waals surface area (Å²) < 4.78 is 10.7. The summed E-state index contributed by atoms with van der Waals surface area (Å²) in [6.45, 7) is 0. The predicted octanol–water partition coefficient (Wildman–Crippen LogP) is 3.40. The minimum atomic E-state index is -0.0916. The van der Waals surface area contributed by atoms with Crippen molar-refractivity contribution < 1.29 is 14.3 Å². The van der Waals surface area contributed by atoms with Crippen LogP contribution in [0, 0.1) is 0 Å². The molecule has 2 aliphatic rings. The maximum Gasteiger partial charge on any atom is 0.256 e. The molecule has 1 aromatic heterocycles. The van der Waals surface area contributed by atoms with Gasteiger partial charge in [0.25, 0.3) is 5.91 Å². The highest BCUT2D eigenvalue weighted by Gasteiger charge is 2.27. The van der Waals surface area contributed by atoms with Crippen LogP contribution < -0.4 is 14.8 Å². The molecule has 0 radical (unpaired) electrons. The predicted molar refractivity (Wildman–Crippen MR) is 93.5 cm³/mol. The van der Waals surface area contributed by atoms with Crippen LogP contribution in [0.25, 0.3) is 11.6 Å². The third-order valence-electron chi connectivity index (χ3n) is 4.82. The number of carbonyl (C=O) groups excluding carboxylic acids is 1. The van der Waals surface area contributed by atoms with Gasteiger partial charge in [-0.05, 0) is 49.0 Å². The van der Waals surface area contributed by atoms with Crippen LogP contribution in [-0.2, 0) is 17.6 Å². The van der Waals surface area contributed by atoms with E-state index in [0.29, 0.717) is 17.1 Å². The monoisotopic (exact) mass is 324 g/mol. The van der Waals surface area contributed by atoms with Crippen LogP contribution >= 0.6 is 0 Å². The van der Waals surface area contributed by atoms with Gasteiger partial charge in [-0.3, -0.25) is 4.79 Å². The average molecular weight is 324 g/mol. The van der Waals surface area contributed by atoms with Crippen LogP contribution in [0.4, 0.5) is 5.69 Å². The average Bonchev–Trinajstić information content (AvgIpc) is 3.15. The van der Waals surface area contributed by atoms with Gasteiger partial charge in [-0.15, -0.1) is 0 Å². The van der Waals surface area contributed by atoms with Gasteiger partial charge in [0.15, 0.2) is 11.5 Å². The van der Waals surface area contributed by atoms with Gasteiger partial charge in [-0.1, -0.05) is 0 Å². The largest absolute Gasteiger partial charge is 0.493 e. The van der Waals surface area contributed by atoms with Crippen LogP contribution in [0.1, 0.15) is 35.2 Å². The van der Waals surface area contributed by atoms with Crippen LogP contribution in [0.3, 0.4) is 0 Å². The lowest BCUT2D eigenvalue weighted by Gasteiger charge is -2.12. The third-order valence-corrected chi connectivity index (χ3v) is 4.82. The first kappa shape index (κ1) is 14.9. The Bertz CT molecular complexity index is 849. The van der Waals surface area contributed by atoms with Crippen molar-refractivity contribution in [3.05, 3.63) is 40.7 Å². The van der Waals surface area contributed by atoms with Crippen molar-refractivity contribution in [1.29, 1.82) is 0 Å². The van der Waals surface area contributed by atoms with Gasteiger partial charge in [0.2, 0.25) is 0 Å². The minimum absolute atomic E-state index is 0.0916. The number of nitrogens with one attached hydrogen (secondary N) is 2. The van der Waals surface area contributed by atoms with E-state index in [-0.39, 0.29) is 5.91 Å². The Balaban J connectivity index is 1.80. The molecule has 2 N–H and O–H groups in total. The molecule has 0 fully saturated rings. The zero-order valence-corrected chi connectivity index (χ0v) is 13.9. The number of fused-ring (bicyclic) bond motifs is 2. The molecule has 2 heterocycles. The molecule has 1 aromatic carbocycles. The van der Waals surface area contributed by atoms with Gasteiger partial charge in [-0.2, -0.15) is 0 Å². The zero-order valence-electron chi connectivity index (χ0n) is 13.9. The lowest BCUT2D eigenvalue weighted by molar-refractivity contribution is -0.110. The molecule has 4 rings (SSSR count). The number of aryl methyl sites for hydroxylation is 1. The van der Waals surface area contributed by atoms with Crippen molar-refractivity contribution >= 4 is 23.2 Å². The summed E-state index contributed by atoms with van der Waals surface area (Å²) in [7, 11) is 3.18. The highest BCUT2D eigenvalue weighted by atomic mass is 16.5. The molecular weight excluding hydrogens is 304 g/mol. The van der Waals surface area contributed by atoms with E-state index in [4.69, 9.17) is 9.47 Å². The maximum atomic E-state index is 12.5. The van der Waals surface area contributed by atoms with E-state index >= 15 is 0 Å². The zero-order chi connectivity index (χ0) is 16.7. The second-order valence-corrected chi connectivity index (χ2v) is 6.17. The topological polar surface area (TPSA) is 63.4 Å². The third kappa shape index (κ3) is 2.28. The van der Waals surface area contributed by atoms with E-state index < -0.39 is 0 Å². The number of carbonyl (C=O) groups is 1. The van der Waals surface area contributed by atoms with E-state index in [9.17, 15) is 4.79 Å². The quantitative estimate of drug-likeness (QED) is 0.851. The maximum absolute atomic E-state index is 12.5. The molecule has 0 spiro atoms. The number of hydrogen-bond donors (Lipinski definition) is 2. The van der Waals surface area contributed by atoms with Crippen molar-refractivity contribution in [1.82, 2.24) is 4.98 Å². The van der Waals surface area contributed by atoms with Gasteiger partial charge >= 0.3 is 0 Å². The lowest BCUT2D eigenvalue weighted by Crippen LogP contribution is -2.04. The summed E-state index contributed by atoms with van der Waals surface area (Å²) in [5, 5.41) is 2.91. The fourth-order valence-corrected chi connectivity index (χ4v) is 3.58. The summed E-state index contributed by atoms with van der Waals surface area (Å²) >= 11 is 0. The first-order chi connectivity index (χ1) is 11.7. The molecule has 0 atom stereocenters. The minimum Gasteiger partial charge on any atom is -0.493 e. The van der Waals surface area contributed by atoms with Crippen LogP contribution in [0.5, 0.6) is 11.5 Å². The van der Waals surface area contributed by atoms with Crippen molar-refractivity contribution in [2.75, 3.05) is 19.5 Å². The number of hydrogen-bond acceptors (Lipinski definition) is 3. The Hall–Kier alpha value is -2.69. The normalized spacial score (nSPS) is 17.4. The summed E-state index contributed by atoms with van der Waals surface area (Å²) in [6.07, 6.45) is 8.58. The van der Waals surface area contributed by atoms with E-state index in [1.54, 1.807) is 20.3 Å². The number of ether oxygens (including phenoxy) is 2. The highest BCUT2D eigenvalue weighted by Crippen LogP contribution is 2.41. The van der Waals surface area contributed by atoms with Gasteiger partial charge in [0.1, 0.15) is 0 Å².